The molecule has 41 heavy (non-hydrogen) atoms. The van der Waals surface area contributed by atoms with Crippen molar-refractivity contribution in [3.63, 3.8) is 0 Å². The van der Waals surface area contributed by atoms with Crippen LogP contribution in [0.3, 0.4) is 0 Å². The number of carbonyl (C=O) groups is 2. The maximum Gasteiger partial charge on any atom is 0.338 e. The van der Waals surface area contributed by atoms with Gasteiger partial charge in [0.2, 0.25) is 0 Å². The van der Waals surface area contributed by atoms with Crippen molar-refractivity contribution in [3.8, 4) is 17.2 Å². The SMILES string of the molecule is COc1cc2c(cc1OC)C(COc1ccc(C(=O)OCc3ccccc3)cc1)N(C(=O)c1cccc(Cl)c1)CC2. The molecule has 0 N–H and O–H groups in total. The normalized spacial score (nSPS) is 14.1. The van der Waals surface area contributed by atoms with Gasteiger partial charge in [0.1, 0.15) is 19.0 Å². The van der Waals surface area contributed by atoms with Crippen molar-refractivity contribution in [1.29, 1.82) is 0 Å². The summed E-state index contributed by atoms with van der Waals surface area (Å²) in [6.07, 6.45) is 0.651. The molecule has 8 heteroatoms. The van der Waals surface area contributed by atoms with Crippen LogP contribution in [-0.2, 0) is 17.8 Å². The largest absolute Gasteiger partial charge is 0.493 e. The van der Waals surface area contributed by atoms with Crippen LogP contribution < -0.4 is 14.2 Å². The zero-order chi connectivity index (χ0) is 28.8. The van der Waals surface area contributed by atoms with Gasteiger partial charge in [0.05, 0.1) is 25.8 Å². The summed E-state index contributed by atoms with van der Waals surface area (Å²) in [4.78, 5) is 28.0. The molecule has 0 bridgehead atoms. The molecule has 1 aliphatic heterocycles. The van der Waals surface area contributed by atoms with Crippen LogP contribution in [0.15, 0.2) is 91.0 Å². The minimum absolute atomic E-state index is 0.141. The predicted molar refractivity (Wildman–Crippen MR) is 156 cm³/mol. The molecular formula is C33H30ClNO6. The number of halogens is 1. The summed E-state index contributed by atoms with van der Waals surface area (Å²) in [6, 6.07) is 26.7. The molecule has 0 aromatic heterocycles. The molecule has 1 atom stereocenters. The fourth-order valence-corrected chi connectivity index (χ4v) is 5.10. The van der Waals surface area contributed by atoms with Crippen LogP contribution in [0.1, 0.15) is 43.4 Å². The van der Waals surface area contributed by atoms with Crippen LogP contribution in [0.4, 0.5) is 0 Å². The Labute approximate surface area is 244 Å². The van der Waals surface area contributed by atoms with E-state index in [0.717, 1.165) is 16.7 Å². The van der Waals surface area contributed by atoms with Crippen molar-refractivity contribution in [1.82, 2.24) is 4.90 Å². The maximum absolute atomic E-state index is 13.6. The molecule has 1 unspecified atom stereocenters. The van der Waals surface area contributed by atoms with Crippen molar-refractivity contribution in [3.05, 3.63) is 124 Å². The van der Waals surface area contributed by atoms with Gasteiger partial charge in [-0.25, -0.2) is 4.79 Å². The van der Waals surface area contributed by atoms with Gasteiger partial charge in [-0.15, -0.1) is 0 Å². The van der Waals surface area contributed by atoms with E-state index in [0.29, 0.717) is 46.4 Å². The van der Waals surface area contributed by atoms with Crippen LogP contribution in [0.25, 0.3) is 0 Å². The number of amides is 1. The molecule has 0 fully saturated rings. The summed E-state index contributed by atoms with van der Waals surface area (Å²) >= 11 is 6.19. The highest BCUT2D eigenvalue weighted by molar-refractivity contribution is 6.31. The highest BCUT2D eigenvalue weighted by atomic mass is 35.5. The number of benzene rings is 4. The van der Waals surface area contributed by atoms with Crippen LogP contribution in [-0.4, -0.2) is 44.1 Å². The zero-order valence-electron chi connectivity index (χ0n) is 22.8. The maximum atomic E-state index is 13.6. The van der Waals surface area contributed by atoms with Crippen molar-refractivity contribution < 1.29 is 28.5 Å². The topological polar surface area (TPSA) is 74.3 Å². The van der Waals surface area contributed by atoms with Gasteiger partial charge in [-0.2, -0.15) is 0 Å². The summed E-state index contributed by atoms with van der Waals surface area (Å²) in [5.74, 6) is 1.22. The van der Waals surface area contributed by atoms with Gasteiger partial charge in [-0.3, -0.25) is 4.79 Å². The monoisotopic (exact) mass is 571 g/mol. The molecule has 1 amide bonds. The van der Waals surface area contributed by atoms with E-state index < -0.39 is 12.0 Å². The second kappa shape index (κ2) is 12.8. The number of carbonyl (C=O) groups excluding carboxylic acids is 2. The standard InChI is InChI=1S/C33H30ClNO6/c1-38-30-18-24-15-16-35(32(36)25-9-6-10-26(34)17-25)29(28(24)19-31(30)39-2)21-40-27-13-11-23(12-14-27)33(37)41-20-22-7-4-3-5-8-22/h3-14,17-19,29H,15-16,20-21H2,1-2H3. The molecule has 4 aromatic carbocycles. The van der Waals surface area contributed by atoms with Gasteiger partial charge in [-0.1, -0.05) is 48.0 Å². The van der Waals surface area contributed by atoms with Gasteiger partial charge in [-0.05, 0) is 77.7 Å². The number of esters is 1. The van der Waals surface area contributed by atoms with Crippen LogP contribution in [0.2, 0.25) is 5.02 Å². The van der Waals surface area contributed by atoms with Crippen molar-refractivity contribution in [2.75, 3.05) is 27.4 Å². The average Bonchev–Trinajstić information content (AvgIpc) is 3.02. The number of hydrogen-bond donors (Lipinski definition) is 0. The third-order valence-electron chi connectivity index (χ3n) is 7.05. The number of ether oxygens (including phenoxy) is 4. The molecule has 210 valence electrons. The summed E-state index contributed by atoms with van der Waals surface area (Å²) < 4.78 is 22.7. The smallest absolute Gasteiger partial charge is 0.338 e. The molecule has 1 aliphatic rings. The Hall–Kier alpha value is -4.49. The lowest BCUT2D eigenvalue weighted by atomic mass is 9.91. The second-order valence-electron chi connectivity index (χ2n) is 9.58. The van der Waals surface area contributed by atoms with E-state index in [1.807, 2.05) is 42.5 Å². The Balaban J connectivity index is 1.35. The van der Waals surface area contributed by atoms with Crippen molar-refractivity contribution in [2.45, 2.75) is 19.1 Å². The summed E-state index contributed by atoms with van der Waals surface area (Å²) in [5, 5.41) is 0.495. The first-order valence-electron chi connectivity index (χ1n) is 13.2. The first-order valence-corrected chi connectivity index (χ1v) is 13.6. The van der Waals surface area contributed by atoms with Gasteiger partial charge in [0, 0.05) is 17.1 Å². The summed E-state index contributed by atoms with van der Waals surface area (Å²) in [5.41, 5.74) is 3.82. The zero-order valence-corrected chi connectivity index (χ0v) is 23.6. The Morgan fingerprint density at radius 2 is 1.59 bits per heavy atom. The van der Waals surface area contributed by atoms with Gasteiger partial charge >= 0.3 is 5.97 Å². The molecular weight excluding hydrogens is 542 g/mol. The molecule has 0 spiro atoms. The number of methoxy groups -OCH3 is 2. The van der Waals surface area contributed by atoms with E-state index in [4.69, 9.17) is 30.5 Å². The van der Waals surface area contributed by atoms with E-state index >= 15 is 0 Å². The van der Waals surface area contributed by atoms with Gasteiger partial charge in [0.15, 0.2) is 11.5 Å². The Morgan fingerprint density at radius 1 is 0.854 bits per heavy atom. The molecule has 0 aliphatic carbocycles. The Bertz CT molecular complexity index is 1520. The van der Waals surface area contributed by atoms with E-state index in [-0.39, 0.29) is 19.1 Å². The fraction of sp³-hybridized carbons (Fsp3) is 0.212. The molecule has 0 saturated heterocycles. The second-order valence-corrected chi connectivity index (χ2v) is 10.0. The van der Waals surface area contributed by atoms with E-state index in [2.05, 4.69) is 0 Å². The first kappa shape index (κ1) is 28.1. The first-order chi connectivity index (χ1) is 20.0. The Kier molecular flexibility index (Phi) is 8.75. The van der Waals surface area contributed by atoms with E-state index in [9.17, 15) is 9.59 Å². The molecule has 0 radical (unpaired) electrons. The number of fused-ring (bicyclic) bond motifs is 1. The summed E-state index contributed by atoms with van der Waals surface area (Å²) in [7, 11) is 3.18. The number of rotatable bonds is 9. The number of nitrogens with zero attached hydrogens (tertiary/aromatic N) is 1. The molecule has 7 nitrogen and oxygen atoms in total. The third-order valence-corrected chi connectivity index (χ3v) is 7.28. The number of hydrogen-bond acceptors (Lipinski definition) is 6. The van der Waals surface area contributed by atoms with Gasteiger partial charge in [0.25, 0.3) is 5.91 Å². The third kappa shape index (κ3) is 6.47. The quantitative estimate of drug-likeness (QED) is 0.213. The van der Waals surface area contributed by atoms with Crippen LogP contribution >= 0.6 is 11.6 Å². The summed E-state index contributed by atoms with van der Waals surface area (Å²) in [6.45, 7) is 0.879. The highest BCUT2D eigenvalue weighted by Crippen LogP contribution is 2.39. The van der Waals surface area contributed by atoms with Crippen LogP contribution in [0.5, 0.6) is 17.2 Å². The lowest BCUT2D eigenvalue weighted by Crippen LogP contribution is -2.42. The van der Waals surface area contributed by atoms with Crippen LogP contribution in [0, 0.1) is 0 Å². The van der Waals surface area contributed by atoms with E-state index in [1.54, 1.807) is 67.7 Å². The van der Waals surface area contributed by atoms with Crippen molar-refractivity contribution >= 4 is 23.5 Å². The molecule has 1 heterocycles. The minimum atomic E-state index is -0.416. The minimum Gasteiger partial charge on any atom is -0.493 e. The van der Waals surface area contributed by atoms with Crippen molar-refractivity contribution in [2.24, 2.45) is 0 Å². The Morgan fingerprint density at radius 3 is 2.29 bits per heavy atom. The predicted octanol–water partition coefficient (Wildman–Crippen LogP) is 6.53. The highest BCUT2D eigenvalue weighted by Gasteiger charge is 2.33. The van der Waals surface area contributed by atoms with E-state index in [1.165, 1.54) is 0 Å². The fourth-order valence-electron chi connectivity index (χ4n) is 4.91. The average molecular weight is 572 g/mol. The molecule has 5 rings (SSSR count). The lowest BCUT2D eigenvalue weighted by Gasteiger charge is -2.37. The molecule has 0 saturated carbocycles. The van der Waals surface area contributed by atoms with Gasteiger partial charge < -0.3 is 23.8 Å². The lowest BCUT2D eigenvalue weighted by molar-refractivity contribution is 0.0471. The molecule has 4 aromatic rings.